The van der Waals surface area contributed by atoms with E-state index in [9.17, 15) is 49.2 Å². The second-order valence-corrected chi connectivity index (χ2v) is 33.6. The predicted octanol–water partition coefficient (Wildman–Crippen LogP) is 18.4. The van der Waals surface area contributed by atoms with Gasteiger partial charge in [-0.05, 0) is 195 Å². The molecule has 0 unspecified atom stereocenters. The molecule has 650 valence electrons. The Morgan fingerprint density at radius 3 is 0.975 bits per heavy atom. The van der Waals surface area contributed by atoms with Crippen molar-refractivity contribution >= 4 is 118 Å². The summed E-state index contributed by atoms with van der Waals surface area (Å²) in [7, 11) is -6.63. The number of sulfone groups is 3. The third-order valence-electron chi connectivity index (χ3n) is 16.6. The average Bonchev–Trinajstić information content (AvgIpc) is 0.752. The number of thiol groups is 1. The molecule has 0 spiro atoms. The SMILES string of the molecule is C.C.COC(=O)C1(S(=O)(=O)c2ccc(Oc3ccccc3)cc2)CCOCC1.COC(=O)CCl.COC(=O)CS(=O)(=O)c1ccc(Oc2ccccc2)cc1.COC(=O)CSc1ccc(Oc2ccccc2)cc1.ClCCOCCCl.O=C(NO)C1(S(=O)(=O)c2ccc(Oc3ccccc3)cc2)CCOCC1.Sc1ccc(Oc2ccccc2)cc1. The number of nitrogens with one attached hydrogen (secondary N) is 1. The number of halogens is 3. The number of methoxy groups -OCH3 is 4. The van der Waals surface area contributed by atoms with E-state index >= 15 is 0 Å². The molecule has 2 fully saturated rings. The monoisotopic (exact) mass is 1820 g/mol. The topological polar surface area (TPSA) is 331 Å². The molecular weight excluding hydrogens is 1720 g/mol. The highest BCUT2D eigenvalue weighted by Crippen LogP contribution is 2.39. The molecule has 2 heterocycles. The van der Waals surface area contributed by atoms with Crippen molar-refractivity contribution < 1.29 is 111 Å². The lowest BCUT2D eigenvalue weighted by Gasteiger charge is -2.34. The summed E-state index contributed by atoms with van der Waals surface area (Å²) in [5, 5.41) is 9.05. The van der Waals surface area contributed by atoms with Crippen molar-refractivity contribution in [3.05, 3.63) is 273 Å². The number of benzene rings is 10. The van der Waals surface area contributed by atoms with Crippen molar-refractivity contribution in [3.63, 3.8) is 0 Å². The molecule has 0 radical (unpaired) electrons. The lowest BCUT2D eigenvalue weighted by Crippen LogP contribution is -2.54. The van der Waals surface area contributed by atoms with Gasteiger partial charge in [0.25, 0.3) is 5.91 Å². The van der Waals surface area contributed by atoms with E-state index in [0.717, 1.165) is 39.9 Å². The molecule has 1 amide bonds. The number of esters is 4. The summed E-state index contributed by atoms with van der Waals surface area (Å²) in [5.41, 5.74) is 1.50. The van der Waals surface area contributed by atoms with Crippen molar-refractivity contribution in [3.8, 4) is 57.5 Å². The van der Waals surface area contributed by atoms with Gasteiger partial charge in [0.15, 0.2) is 44.8 Å². The maximum absolute atomic E-state index is 13.2. The van der Waals surface area contributed by atoms with Crippen LogP contribution in [0.4, 0.5) is 0 Å². The fourth-order valence-corrected chi connectivity index (χ4v) is 16.7. The number of hydrogen-bond acceptors (Lipinski definition) is 26. The smallest absolute Gasteiger partial charge is 0.327 e. The van der Waals surface area contributed by atoms with Gasteiger partial charge in [0, 0.05) is 60.8 Å². The van der Waals surface area contributed by atoms with Crippen LogP contribution in [0.5, 0.6) is 57.5 Å². The van der Waals surface area contributed by atoms with E-state index < -0.39 is 68.6 Å². The highest BCUT2D eigenvalue weighted by atomic mass is 35.5. The first-order valence-electron chi connectivity index (χ1n) is 36.2. The maximum atomic E-state index is 13.2. The van der Waals surface area contributed by atoms with Gasteiger partial charge in [-0.15, -0.1) is 59.2 Å². The average molecular weight is 1820 g/mol. The lowest BCUT2D eigenvalue weighted by atomic mass is 9.98. The first-order valence-corrected chi connectivity index (χ1v) is 43.8. The number of alkyl halides is 3. The molecule has 25 nitrogen and oxygen atoms in total. The number of thioether (sulfide) groups is 1. The molecule has 10 aromatic rings. The van der Waals surface area contributed by atoms with Crippen LogP contribution in [0, 0.1) is 0 Å². The van der Waals surface area contributed by atoms with E-state index in [1.807, 2.05) is 164 Å². The minimum absolute atomic E-state index is 0. The van der Waals surface area contributed by atoms with Crippen LogP contribution in [0.1, 0.15) is 40.5 Å². The first-order chi connectivity index (χ1) is 57.3. The van der Waals surface area contributed by atoms with Crippen LogP contribution in [0.3, 0.4) is 0 Å². The Morgan fingerprint density at radius 2 is 0.686 bits per heavy atom. The van der Waals surface area contributed by atoms with E-state index in [1.54, 1.807) is 48.5 Å². The van der Waals surface area contributed by atoms with Crippen LogP contribution < -0.4 is 29.2 Å². The molecule has 12 rings (SSSR count). The van der Waals surface area contributed by atoms with E-state index in [2.05, 4.69) is 26.8 Å². The fourth-order valence-electron chi connectivity index (χ4n) is 10.4. The zero-order chi connectivity index (χ0) is 86.4. The van der Waals surface area contributed by atoms with Crippen molar-refractivity contribution in [1.29, 1.82) is 0 Å². The zero-order valence-electron chi connectivity index (χ0n) is 65.1. The minimum atomic E-state index is -4.03. The summed E-state index contributed by atoms with van der Waals surface area (Å²) in [4.78, 5) is 58.5. The van der Waals surface area contributed by atoms with Crippen molar-refractivity contribution in [2.75, 3.05) is 97.2 Å². The summed E-state index contributed by atoms with van der Waals surface area (Å²) < 4.78 is 134. The summed E-state index contributed by atoms with van der Waals surface area (Å²) in [6.45, 7) is 1.86. The van der Waals surface area contributed by atoms with Crippen molar-refractivity contribution in [2.45, 2.75) is 74.5 Å². The van der Waals surface area contributed by atoms with Crippen LogP contribution >= 0.6 is 59.2 Å². The summed E-state index contributed by atoms with van der Waals surface area (Å²) in [5.74, 6) is 4.27. The zero-order valence-corrected chi connectivity index (χ0v) is 71.6. The molecule has 0 atom stereocenters. The van der Waals surface area contributed by atoms with Crippen molar-refractivity contribution in [1.82, 2.24) is 5.48 Å². The Morgan fingerprint density at radius 1 is 0.397 bits per heavy atom. The molecule has 2 aliphatic rings. The Hall–Kier alpha value is -10.2. The third-order valence-corrected chi connectivity index (χ3v) is 25.0. The summed E-state index contributed by atoms with van der Waals surface area (Å²) >= 11 is 21.2. The molecule has 33 heteroatoms. The third kappa shape index (κ3) is 34.0. The standard InChI is InChI=1S/C19H20O6S.C18H19NO6S.C15H14O5S.C15H14O3S.C12H10OS.C4H8Cl2O.C3H5ClO2.2CH4/c1-23-18(20)19(11-13-24-14-12-19)26(21,22)17-9-7-16(8-10-17)25-15-5-3-2-4-6-15;20-17(19-21)18(10-12-24-13-11-18)26(22,23)16-8-6-15(7-9-16)25-14-4-2-1-3-5-14;1-19-15(16)11-21(17,18)14-9-7-13(8-10-14)20-12-5-3-2-4-6-12;1-17-15(16)11-19-14-9-7-13(8-10-14)18-12-5-3-2-4-6-12;14-12-8-6-11(7-9-12)13-10-4-2-1-3-5-10;5-1-3-7-4-2-6;1-6-3(5)2-4;;/h2-10H,11-14H2,1H3;1-9,21H,10-13H2,(H,19,20);2-10H,11H2,1H3;2-10H,11H2,1H3;1-9,14H;1-4H2;2H2,1H3;2*1H4. The Bertz CT molecular complexity index is 4860. The highest BCUT2D eigenvalue weighted by molar-refractivity contribution is 8.00. The lowest BCUT2D eigenvalue weighted by molar-refractivity contribution is -0.146. The van der Waals surface area contributed by atoms with Crippen molar-refractivity contribution in [2.24, 2.45) is 0 Å². The highest BCUT2D eigenvalue weighted by Gasteiger charge is 2.54. The van der Waals surface area contributed by atoms with E-state index in [4.69, 9.17) is 82.6 Å². The molecule has 121 heavy (non-hydrogen) atoms. The van der Waals surface area contributed by atoms with E-state index in [-0.39, 0.29) is 93.5 Å². The molecule has 10 aromatic carbocycles. The maximum Gasteiger partial charge on any atom is 0.327 e. The van der Waals surface area contributed by atoms with Crippen LogP contribution in [-0.2, 0) is 86.6 Å². The molecule has 2 aliphatic heterocycles. The quantitative estimate of drug-likeness (QED) is 0.00629. The Labute approximate surface area is 732 Å². The number of carbonyl (C=O) groups excluding carboxylic acids is 5. The molecule has 0 saturated carbocycles. The van der Waals surface area contributed by atoms with Crippen LogP contribution in [-0.4, -0.2) is 167 Å². The van der Waals surface area contributed by atoms with Gasteiger partial charge < -0.3 is 56.8 Å². The van der Waals surface area contributed by atoms with Gasteiger partial charge in [0.1, 0.15) is 63.4 Å². The second-order valence-electron chi connectivity index (χ2n) is 24.5. The molecule has 2 N–H and O–H groups in total. The number of rotatable bonds is 27. The summed E-state index contributed by atoms with van der Waals surface area (Å²) in [6.07, 6.45) is 0.0997. The van der Waals surface area contributed by atoms with Gasteiger partial charge >= 0.3 is 23.9 Å². The Balaban J connectivity index is 0.000000308. The minimum Gasteiger partial charge on any atom is -0.468 e. The van der Waals surface area contributed by atoms with Crippen LogP contribution in [0.15, 0.2) is 297 Å². The van der Waals surface area contributed by atoms with Crippen LogP contribution in [0.2, 0.25) is 0 Å². The van der Waals surface area contributed by atoms with Gasteiger partial charge in [-0.1, -0.05) is 106 Å². The molecule has 0 bridgehead atoms. The number of hydroxylamine groups is 1. The fraction of sp³-hybridized carbons (Fsp3) is 0.261. The molecule has 0 aromatic heterocycles. The summed E-state index contributed by atoms with van der Waals surface area (Å²) in [6, 6.07) is 79.7. The normalized spacial score (nSPS) is 12.7. The Kier molecular flexibility index (Phi) is 46.9. The number of hydrogen-bond donors (Lipinski definition) is 3. The number of ether oxygens (including phenoxy) is 12. The van der Waals surface area contributed by atoms with Crippen LogP contribution in [0.25, 0.3) is 0 Å². The second kappa shape index (κ2) is 55.0. The molecule has 0 aliphatic carbocycles. The van der Waals surface area contributed by atoms with Gasteiger partial charge in [0.2, 0.25) is 0 Å². The van der Waals surface area contributed by atoms with Gasteiger partial charge in [-0.2, -0.15) is 0 Å². The molecule has 2 saturated heterocycles. The van der Waals surface area contributed by atoms with Gasteiger partial charge in [-0.25, -0.2) is 30.7 Å². The van der Waals surface area contributed by atoms with E-state index in [1.165, 1.54) is 99.2 Å². The largest absolute Gasteiger partial charge is 0.468 e. The first kappa shape index (κ1) is 103. The number of para-hydroxylation sites is 5. The van der Waals surface area contributed by atoms with E-state index in [0.29, 0.717) is 65.2 Å². The number of amides is 1. The van der Waals surface area contributed by atoms with Gasteiger partial charge in [0.05, 0.1) is 62.1 Å². The molecular formula is C88H98Cl3NO24S5. The predicted molar refractivity (Wildman–Crippen MR) is 469 cm³/mol. The number of carbonyl (C=O) groups is 5. The van der Waals surface area contributed by atoms with Gasteiger partial charge in [-0.3, -0.25) is 29.2 Å².